The van der Waals surface area contributed by atoms with Crippen LogP contribution >= 0.6 is 0 Å². The Bertz CT molecular complexity index is 390. The second-order valence-electron chi connectivity index (χ2n) is 3.84. The second-order valence-corrected chi connectivity index (χ2v) is 3.84. The van der Waals surface area contributed by atoms with Gasteiger partial charge in [-0.05, 0) is 38.2 Å². The zero-order valence-electron chi connectivity index (χ0n) is 9.21. The molecule has 0 heterocycles. The number of rotatable bonds is 4. The van der Waals surface area contributed by atoms with Crippen molar-refractivity contribution in [2.45, 2.75) is 12.5 Å². The summed E-state index contributed by atoms with van der Waals surface area (Å²) in [6, 6.07) is 3.66. The van der Waals surface area contributed by atoms with Crippen LogP contribution in [0.25, 0.3) is 0 Å². The molecule has 0 aromatic heterocycles. The molecule has 3 N–H and O–H groups in total. The van der Waals surface area contributed by atoms with Gasteiger partial charge in [-0.25, -0.2) is 0 Å². The number of phenolic OH excluding ortho intramolecular Hbond substituents is 2. The van der Waals surface area contributed by atoms with E-state index in [9.17, 15) is 9.90 Å². The van der Waals surface area contributed by atoms with E-state index in [0.717, 1.165) is 0 Å². The Morgan fingerprint density at radius 3 is 2.38 bits per heavy atom. The molecule has 0 radical (unpaired) electrons. The molecule has 0 aliphatic heterocycles. The standard InChI is InChI=1S/C11H15NO4/c1-12(2)8(11(15)16)5-7-3-4-9(13)10(14)6-7/h3-4,6,8,13-14H,5H2,1-2H3,(H,15,16)/t8-/m0/s1. The van der Waals surface area contributed by atoms with Gasteiger partial charge in [-0.3, -0.25) is 9.69 Å². The molecule has 5 nitrogen and oxygen atoms in total. The van der Waals surface area contributed by atoms with E-state index in [2.05, 4.69) is 0 Å². The molecule has 1 aromatic rings. The summed E-state index contributed by atoms with van der Waals surface area (Å²) in [4.78, 5) is 12.5. The average Bonchev–Trinajstić information content (AvgIpc) is 2.18. The molecule has 0 bridgehead atoms. The number of carboxylic acid groups (broad SMARTS) is 1. The third kappa shape index (κ3) is 2.87. The molecule has 16 heavy (non-hydrogen) atoms. The fourth-order valence-electron chi connectivity index (χ4n) is 1.41. The van der Waals surface area contributed by atoms with Crippen LogP contribution in [0.5, 0.6) is 11.5 Å². The molecule has 1 atom stereocenters. The number of benzene rings is 1. The Hall–Kier alpha value is -1.75. The van der Waals surface area contributed by atoms with Crippen LogP contribution in [-0.2, 0) is 11.2 Å². The van der Waals surface area contributed by atoms with Crippen LogP contribution in [0.2, 0.25) is 0 Å². The number of nitrogens with zero attached hydrogens (tertiary/aromatic N) is 1. The SMILES string of the molecule is CN(C)[C@@H](Cc1ccc(O)c(O)c1)C(=O)O. The van der Waals surface area contributed by atoms with E-state index in [1.807, 2.05) is 0 Å². The Morgan fingerprint density at radius 1 is 1.31 bits per heavy atom. The van der Waals surface area contributed by atoms with E-state index in [-0.39, 0.29) is 17.9 Å². The maximum absolute atomic E-state index is 10.9. The molecule has 0 fully saturated rings. The van der Waals surface area contributed by atoms with Crippen LogP contribution in [0.15, 0.2) is 18.2 Å². The lowest BCUT2D eigenvalue weighted by atomic mass is 10.0. The van der Waals surface area contributed by atoms with Crippen molar-refractivity contribution in [1.29, 1.82) is 0 Å². The quantitative estimate of drug-likeness (QED) is 0.656. The number of aliphatic carboxylic acids is 1. The minimum absolute atomic E-state index is 0.208. The largest absolute Gasteiger partial charge is 0.504 e. The van der Waals surface area contributed by atoms with Crippen molar-refractivity contribution in [2.24, 2.45) is 0 Å². The summed E-state index contributed by atoms with van der Waals surface area (Å²) in [5.74, 6) is -1.36. The third-order valence-corrected chi connectivity index (χ3v) is 2.38. The Balaban J connectivity index is 2.86. The van der Waals surface area contributed by atoms with Gasteiger partial charge in [0.05, 0.1) is 0 Å². The van der Waals surface area contributed by atoms with Crippen LogP contribution in [0, 0.1) is 0 Å². The topological polar surface area (TPSA) is 81.0 Å². The average molecular weight is 225 g/mol. The fraction of sp³-hybridized carbons (Fsp3) is 0.364. The van der Waals surface area contributed by atoms with Gasteiger partial charge < -0.3 is 15.3 Å². The van der Waals surface area contributed by atoms with Crippen LogP contribution in [0.1, 0.15) is 5.56 Å². The molecule has 0 saturated carbocycles. The summed E-state index contributed by atoms with van der Waals surface area (Å²) in [5.41, 5.74) is 0.663. The van der Waals surface area contributed by atoms with Crippen molar-refractivity contribution < 1.29 is 20.1 Å². The van der Waals surface area contributed by atoms with Crippen LogP contribution in [0.4, 0.5) is 0 Å². The highest BCUT2D eigenvalue weighted by Gasteiger charge is 2.20. The Labute approximate surface area is 93.6 Å². The first-order valence-electron chi connectivity index (χ1n) is 4.82. The first kappa shape index (κ1) is 12.3. The van der Waals surface area contributed by atoms with E-state index in [4.69, 9.17) is 10.2 Å². The van der Waals surface area contributed by atoms with Gasteiger partial charge in [0.15, 0.2) is 11.5 Å². The Morgan fingerprint density at radius 2 is 1.94 bits per heavy atom. The van der Waals surface area contributed by atoms with E-state index in [1.54, 1.807) is 25.1 Å². The fourth-order valence-corrected chi connectivity index (χ4v) is 1.41. The lowest BCUT2D eigenvalue weighted by Crippen LogP contribution is -2.37. The smallest absolute Gasteiger partial charge is 0.321 e. The summed E-state index contributed by atoms with van der Waals surface area (Å²) >= 11 is 0. The minimum atomic E-state index is -0.919. The highest BCUT2D eigenvalue weighted by Crippen LogP contribution is 2.25. The lowest BCUT2D eigenvalue weighted by Gasteiger charge is -2.19. The third-order valence-electron chi connectivity index (χ3n) is 2.38. The molecule has 0 amide bonds. The van der Waals surface area contributed by atoms with Gasteiger partial charge in [0.2, 0.25) is 0 Å². The van der Waals surface area contributed by atoms with Crippen molar-refractivity contribution in [1.82, 2.24) is 4.90 Å². The predicted octanol–water partition coefficient (Wildman–Crippen LogP) is 0.655. The first-order valence-corrected chi connectivity index (χ1v) is 4.82. The first-order chi connectivity index (χ1) is 7.41. The summed E-state index contributed by atoms with van der Waals surface area (Å²) in [7, 11) is 3.36. The highest BCUT2D eigenvalue weighted by molar-refractivity contribution is 5.73. The van der Waals surface area contributed by atoms with Crippen molar-refractivity contribution in [3.05, 3.63) is 23.8 Å². The predicted molar refractivity (Wildman–Crippen MR) is 58.6 cm³/mol. The number of carboxylic acids is 1. The zero-order chi connectivity index (χ0) is 12.3. The van der Waals surface area contributed by atoms with Gasteiger partial charge in [-0.2, -0.15) is 0 Å². The number of likely N-dealkylation sites (N-methyl/N-ethyl adjacent to an activating group) is 1. The maximum Gasteiger partial charge on any atom is 0.321 e. The van der Waals surface area contributed by atoms with Crippen molar-refractivity contribution in [3.8, 4) is 11.5 Å². The van der Waals surface area contributed by atoms with Gasteiger partial charge in [-0.1, -0.05) is 6.07 Å². The van der Waals surface area contributed by atoms with Gasteiger partial charge in [0.25, 0.3) is 0 Å². The summed E-state index contributed by atoms with van der Waals surface area (Å²) < 4.78 is 0. The molecule has 0 spiro atoms. The number of hydrogen-bond donors (Lipinski definition) is 3. The van der Waals surface area contributed by atoms with E-state index < -0.39 is 12.0 Å². The van der Waals surface area contributed by atoms with Gasteiger partial charge in [0.1, 0.15) is 6.04 Å². The Kier molecular flexibility index (Phi) is 3.73. The molecule has 0 aliphatic carbocycles. The minimum Gasteiger partial charge on any atom is -0.504 e. The van der Waals surface area contributed by atoms with E-state index >= 15 is 0 Å². The molecular weight excluding hydrogens is 210 g/mol. The lowest BCUT2D eigenvalue weighted by molar-refractivity contribution is -0.142. The summed E-state index contributed by atoms with van der Waals surface area (Å²) in [6.07, 6.45) is 0.274. The van der Waals surface area contributed by atoms with Crippen molar-refractivity contribution in [2.75, 3.05) is 14.1 Å². The van der Waals surface area contributed by atoms with Crippen LogP contribution in [0.3, 0.4) is 0 Å². The van der Waals surface area contributed by atoms with Crippen molar-refractivity contribution in [3.63, 3.8) is 0 Å². The van der Waals surface area contributed by atoms with Gasteiger partial charge in [-0.15, -0.1) is 0 Å². The molecule has 1 aromatic carbocycles. The summed E-state index contributed by atoms with van der Waals surface area (Å²) in [5, 5.41) is 27.4. The second kappa shape index (κ2) is 4.85. The highest BCUT2D eigenvalue weighted by atomic mass is 16.4. The number of phenols is 2. The maximum atomic E-state index is 10.9. The normalized spacial score (nSPS) is 12.7. The van der Waals surface area contributed by atoms with Gasteiger partial charge in [0, 0.05) is 0 Å². The number of aromatic hydroxyl groups is 2. The molecule has 0 unspecified atom stereocenters. The van der Waals surface area contributed by atoms with Gasteiger partial charge >= 0.3 is 5.97 Å². The van der Waals surface area contributed by atoms with Crippen LogP contribution < -0.4 is 0 Å². The monoisotopic (exact) mass is 225 g/mol. The molecular formula is C11H15NO4. The van der Waals surface area contributed by atoms with Crippen molar-refractivity contribution >= 4 is 5.97 Å². The molecule has 5 heteroatoms. The van der Waals surface area contributed by atoms with E-state index in [0.29, 0.717) is 5.56 Å². The number of hydrogen-bond acceptors (Lipinski definition) is 4. The molecule has 88 valence electrons. The number of carbonyl (C=O) groups is 1. The molecule has 1 rings (SSSR count). The molecule has 0 saturated heterocycles. The zero-order valence-corrected chi connectivity index (χ0v) is 9.21. The summed E-state index contributed by atoms with van der Waals surface area (Å²) in [6.45, 7) is 0. The molecule has 0 aliphatic rings. The van der Waals surface area contributed by atoms with Crippen LogP contribution in [-0.4, -0.2) is 46.3 Å². The van der Waals surface area contributed by atoms with E-state index in [1.165, 1.54) is 12.1 Å².